The summed E-state index contributed by atoms with van der Waals surface area (Å²) in [7, 11) is 3.22. The molecule has 0 aliphatic carbocycles. The highest BCUT2D eigenvalue weighted by atomic mass is 19.4. The maximum atomic E-state index is 13.1. The number of halogens is 3. The van der Waals surface area contributed by atoms with Crippen LogP contribution in [0, 0.1) is 5.41 Å². The molecule has 1 atom stereocenters. The molecule has 2 rings (SSSR count). The van der Waals surface area contributed by atoms with Crippen molar-refractivity contribution in [1.82, 2.24) is 9.97 Å². The minimum atomic E-state index is -4.56. The summed E-state index contributed by atoms with van der Waals surface area (Å²) in [6, 6.07) is 0.907. The van der Waals surface area contributed by atoms with Crippen LogP contribution in [0.4, 0.5) is 24.9 Å². The first-order valence-corrected chi connectivity index (χ1v) is 7.62. The Morgan fingerprint density at radius 3 is 2.62 bits per heavy atom. The fourth-order valence-corrected chi connectivity index (χ4v) is 2.54. The maximum absolute atomic E-state index is 13.1. The lowest BCUT2D eigenvalue weighted by Crippen LogP contribution is -2.34. The predicted octanol–water partition coefficient (Wildman–Crippen LogP) is 2.34. The van der Waals surface area contributed by atoms with Crippen LogP contribution in [0.15, 0.2) is 6.07 Å². The highest BCUT2D eigenvalue weighted by Crippen LogP contribution is 2.35. The third-order valence-electron chi connectivity index (χ3n) is 3.97. The van der Waals surface area contributed by atoms with Gasteiger partial charge in [-0.1, -0.05) is 0 Å². The molecule has 9 heteroatoms. The molecule has 0 aromatic carbocycles. The maximum Gasteiger partial charge on any atom is 0.433 e. The van der Waals surface area contributed by atoms with Crippen LogP contribution < -0.4 is 9.80 Å². The average Bonchev–Trinajstić information content (AvgIpc) is 2.90. The summed E-state index contributed by atoms with van der Waals surface area (Å²) in [4.78, 5) is 23.0. The van der Waals surface area contributed by atoms with Gasteiger partial charge in [-0.05, 0) is 20.3 Å². The number of carbonyl (C=O) groups excluding carboxylic acids is 1. The van der Waals surface area contributed by atoms with Crippen molar-refractivity contribution in [2.24, 2.45) is 5.41 Å². The second-order valence-corrected chi connectivity index (χ2v) is 6.26. The lowest BCUT2D eigenvalue weighted by molar-refractivity contribution is -0.153. The standard InChI is InChI=1S/C15H21F3N4O2/c1-5-24-12(23)14(2)6-7-22(9-14)13-19-10(15(16,17)18)8-11(20-13)21(3)4/h8H,5-7,9H2,1-4H3. The largest absolute Gasteiger partial charge is 0.466 e. The summed E-state index contributed by atoms with van der Waals surface area (Å²) < 4.78 is 44.3. The Balaban J connectivity index is 2.32. The Labute approximate surface area is 138 Å². The number of rotatable bonds is 4. The number of hydrogen-bond donors (Lipinski definition) is 0. The molecule has 1 fully saturated rings. The number of alkyl halides is 3. The highest BCUT2D eigenvalue weighted by molar-refractivity contribution is 5.78. The Kier molecular flexibility index (Phi) is 4.91. The van der Waals surface area contributed by atoms with Gasteiger partial charge in [0.15, 0.2) is 5.69 Å². The molecular formula is C15H21F3N4O2. The quantitative estimate of drug-likeness (QED) is 0.780. The topological polar surface area (TPSA) is 58.6 Å². The molecule has 0 amide bonds. The number of esters is 1. The van der Waals surface area contributed by atoms with Crippen LogP contribution in [0.2, 0.25) is 0 Å². The van der Waals surface area contributed by atoms with Crippen LogP contribution in [0.25, 0.3) is 0 Å². The van der Waals surface area contributed by atoms with Crippen LogP contribution in [0.3, 0.4) is 0 Å². The fraction of sp³-hybridized carbons (Fsp3) is 0.667. The third-order valence-corrected chi connectivity index (χ3v) is 3.97. The third kappa shape index (κ3) is 3.70. The van der Waals surface area contributed by atoms with Gasteiger partial charge in [-0.3, -0.25) is 4.79 Å². The number of anilines is 2. The van der Waals surface area contributed by atoms with Crippen LogP contribution in [-0.2, 0) is 15.7 Å². The molecule has 1 unspecified atom stereocenters. The number of nitrogens with zero attached hydrogens (tertiary/aromatic N) is 4. The second kappa shape index (κ2) is 6.45. The molecule has 1 saturated heterocycles. The van der Waals surface area contributed by atoms with Gasteiger partial charge in [0.2, 0.25) is 5.95 Å². The van der Waals surface area contributed by atoms with Crippen molar-refractivity contribution in [3.05, 3.63) is 11.8 Å². The molecule has 0 spiro atoms. The van der Waals surface area contributed by atoms with Crippen molar-refractivity contribution in [1.29, 1.82) is 0 Å². The van der Waals surface area contributed by atoms with E-state index in [4.69, 9.17) is 4.74 Å². The minimum Gasteiger partial charge on any atom is -0.466 e. The van der Waals surface area contributed by atoms with Crippen molar-refractivity contribution in [2.45, 2.75) is 26.4 Å². The molecule has 1 aliphatic heterocycles. The molecule has 0 saturated carbocycles. The number of ether oxygens (including phenoxy) is 1. The zero-order valence-electron chi connectivity index (χ0n) is 14.1. The summed E-state index contributed by atoms with van der Waals surface area (Å²) >= 11 is 0. The summed E-state index contributed by atoms with van der Waals surface area (Å²) in [5.74, 6) is -0.217. The molecule has 1 aromatic heterocycles. The summed E-state index contributed by atoms with van der Waals surface area (Å²) in [5, 5.41) is 0. The van der Waals surface area contributed by atoms with E-state index in [9.17, 15) is 18.0 Å². The van der Waals surface area contributed by atoms with E-state index in [-0.39, 0.29) is 30.9 Å². The van der Waals surface area contributed by atoms with Gasteiger partial charge in [0.05, 0.1) is 12.0 Å². The fourth-order valence-electron chi connectivity index (χ4n) is 2.54. The predicted molar refractivity (Wildman–Crippen MR) is 82.9 cm³/mol. The molecule has 134 valence electrons. The molecule has 2 heterocycles. The molecular weight excluding hydrogens is 325 g/mol. The van der Waals surface area contributed by atoms with Crippen LogP contribution in [0.5, 0.6) is 0 Å². The van der Waals surface area contributed by atoms with Crippen LogP contribution in [0.1, 0.15) is 26.0 Å². The van der Waals surface area contributed by atoms with Crippen molar-refractivity contribution in [3.63, 3.8) is 0 Å². The van der Waals surface area contributed by atoms with E-state index < -0.39 is 17.3 Å². The normalized spacial score (nSPS) is 21.0. The van der Waals surface area contributed by atoms with Gasteiger partial charge in [0.25, 0.3) is 0 Å². The molecule has 1 aromatic rings. The van der Waals surface area contributed by atoms with Crippen molar-refractivity contribution >= 4 is 17.7 Å². The summed E-state index contributed by atoms with van der Waals surface area (Å²) in [6.07, 6.45) is -4.09. The molecule has 6 nitrogen and oxygen atoms in total. The molecule has 0 bridgehead atoms. The number of hydrogen-bond acceptors (Lipinski definition) is 6. The van der Waals surface area contributed by atoms with Gasteiger partial charge in [-0.15, -0.1) is 0 Å². The first-order valence-electron chi connectivity index (χ1n) is 7.62. The molecule has 0 N–H and O–H groups in total. The first-order chi connectivity index (χ1) is 11.1. The lowest BCUT2D eigenvalue weighted by Gasteiger charge is -2.24. The van der Waals surface area contributed by atoms with Gasteiger partial charge in [0.1, 0.15) is 5.82 Å². The van der Waals surface area contributed by atoms with E-state index >= 15 is 0 Å². The van der Waals surface area contributed by atoms with E-state index in [0.717, 1.165) is 6.07 Å². The summed E-state index contributed by atoms with van der Waals surface area (Å²) in [5.41, 5.74) is -1.77. The zero-order chi connectivity index (χ0) is 18.1. The first kappa shape index (κ1) is 18.3. The Bertz CT molecular complexity index is 621. The Morgan fingerprint density at radius 2 is 2.08 bits per heavy atom. The second-order valence-electron chi connectivity index (χ2n) is 6.26. The van der Waals surface area contributed by atoms with Crippen molar-refractivity contribution < 1.29 is 22.7 Å². The van der Waals surface area contributed by atoms with E-state index in [1.165, 1.54) is 4.90 Å². The van der Waals surface area contributed by atoms with Gasteiger partial charge in [-0.25, -0.2) is 4.98 Å². The van der Waals surface area contributed by atoms with Gasteiger partial charge >= 0.3 is 12.1 Å². The summed E-state index contributed by atoms with van der Waals surface area (Å²) in [6.45, 7) is 4.33. The van der Waals surface area contributed by atoms with E-state index in [2.05, 4.69) is 9.97 Å². The van der Waals surface area contributed by atoms with E-state index in [1.54, 1.807) is 32.8 Å². The average molecular weight is 346 g/mol. The van der Waals surface area contributed by atoms with Gasteiger partial charge in [0, 0.05) is 33.3 Å². The number of aromatic nitrogens is 2. The molecule has 24 heavy (non-hydrogen) atoms. The lowest BCUT2D eigenvalue weighted by atomic mass is 9.90. The molecule has 1 aliphatic rings. The van der Waals surface area contributed by atoms with Gasteiger partial charge < -0.3 is 14.5 Å². The van der Waals surface area contributed by atoms with E-state index in [1.807, 2.05) is 0 Å². The SMILES string of the molecule is CCOC(=O)C1(C)CCN(c2nc(N(C)C)cc(C(F)(F)F)n2)C1. The highest BCUT2D eigenvalue weighted by Gasteiger charge is 2.43. The molecule has 0 radical (unpaired) electrons. The number of carbonyl (C=O) groups is 1. The minimum absolute atomic E-state index is 0.0263. The van der Waals surface area contributed by atoms with Crippen LogP contribution >= 0.6 is 0 Å². The van der Waals surface area contributed by atoms with Gasteiger partial charge in [-0.2, -0.15) is 18.2 Å². The van der Waals surface area contributed by atoms with Crippen molar-refractivity contribution in [2.75, 3.05) is 43.6 Å². The smallest absolute Gasteiger partial charge is 0.433 e. The Hall–Kier alpha value is -2.06. The van der Waals surface area contributed by atoms with E-state index in [0.29, 0.717) is 13.0 Å². The van der Waals surface area contributed by atoms with Crippen LogP contribution in [-0.4, -0.2) is 49.7 Å². The monoisotopic (exact) mass is 346 g/mol. The Morgan fingerprint density at radius 1 is 1.42 bits per heavy atom. The zero-order valence-corrected chi connectivity index (χ0v) is 14.1. The van der Waals surface area contributed by atoms with Crippen molar-refractivity contribution in [3.8, 4) is 0 Å².